The van der Waals surface area contributed by atoms with Crippen LogP contribution < -0.4 is 9.47 Å². The van der Waals surface area contributed by atoms with Crippen LogP contribution in [0.25, 0.3) is 0 Å². The maximum atomic E-state index is 12.8. The Morgan fingerprint density at radius 1 is 1.18 bits per heavy atom. The number of carboxylic acid groups (broad SMARTS) is 1. The van der Waals surface area contributed by atoms with Crippen molar-refractivity contribution in [3.8, 4) is 11.5 Å². The molecule has 1 fully saturated rings. The highest BCUT2D eigenvalue weighted by Crippen LogP contribution is 2.30. The molecule has 0 amide bonds. The van der Waals surface area contributed by atoms with E-state index in [1.54, 1.807) is 6.07 Å². The second-order valence-corrected chi connectivity index (χ2v) is 6.90. The fourth-order valence-electron chi connectivity index (χ4n) is 2.51. The van der Waals surface area contributed by atoms with Gasteiger partial charge in [0.25, 0.3) is 0 Å². The number of carbonyl (C=O) groups is 1. The van der Waals surface area contributed by atoms with Gasteiger partial charge in [0.15, 0.2) is 0 Å². The van der Waals surface area contributed by atoms with Crippen molar-refractivity contribution in [1.29, 1.82) is 0 Å². The molecular weight excluding hydrogens is 310 g/mol. The van der Waals surface area contributed by atoms with Crippen molar-refractivity contribution >= 4 is 16.0 Å². The van der Waals surface area contributed by atoms with E-state index in [2.05, 4.69) is 0 Å². The molecule has 2 rings (SSSR count). The van der Waals surface area contributed by atoms with Gasteiger partial charge in [-0.2, -0.15) is 4.31 Å². The van der Waals surface area contributed by atoms with E-state index in [9.17, 15) is 18.3 Å². The lowest BCUT2D eigenvalue weighted by Crippen LogP contribution is -2.47. The van der Waals surface area contributed by atoms with Gasteiger partial charge in [0.05, 0.1) is 19.1 Å². The number of piperidine rings is 1. The summed E-state index contributed by atoms with van der Waals surface area (Å²) in [5, 5.41) is 9.26. The molecule has 1 heterocycles. The van der Waals surface area contributed by atoms with E-state index in [0.717, 1.165) is 4.31 Å². The molecule has 0 aromatic heterocycles. The number of sulfonamides is 1. The first-order valence-electron chi connectivity index (χ1n) is 6.88. The summed E-state index contributed by atoms with van der Waals surface area (Å²) in [6, 6.07) is 3.26. The van der Waals surface area contributed by atoms with Crippen molar-refractivity contribution in [2.75, 3.05) is 20.8 Å². The molecule has 7 nitrogen and oxygen atoms in total. The van der Waals surface area contributed by atoms with Crippen molar-refractivity contribution in [3.05, 3.63) is 18.2 Å². The average Bonchev–Trinajstić information content (AvgIpc) is 2.54. The number of ether oxygens (including phenoxy) is 2. The first-order chi connectivity index (χ1) is 10.4. The molecule has 1 saturated heterocycles. The Labute approximate surface area is 129 Å². The largest absolute Gasteiger partial charge is 0.497 e. The fourth-order valence-corrected chi connectivity index (χ4v) is 4.21. The molecule has 0 aliphatic carbocycles. The van der Waals surface area contributed by atoms with Gasteiger partial charge in [-0.3, -0.25) is 4.79 Å². The van der Waals surface area contributed by atoms with Gasteiger partial charge >= 0.3 is 5.97 Å². The molecule has 22 heavy (non-hydrogen) atoms. The molecule has 1 aromatic carbocycles. The van der Waals surface area contributed by atoms with Crippen LogP contribution in [0.5, 0.6) is 11.5 Å². The van der Waals surface area contributed by atoms with Gasteiger partial charge in [0.2, 0.25) is 10.0 Å². The van der Waals surface area contributed by atoms with Crippen molar-refractivity contribution in [2.45, 2.75) is 30.2 Å². The maximum Gasteiger partial charge on any atom is 0.322 e. The van der Waals surface area contributed by atoms with Crippen LogP contribution in [-0.4, -0.2) is 50.6 Å². The summed E-state index contributed by atoms with van der Waals surface area (Å²) < 4.78 is 36.8. The molecule has 1 N–H and O–H groups in total. The fraction of sp³-hybridized carbons (Fsp3) is 0.500. The monoisotopic (exact) mass is 329 g/mol. The number of nitrogens with zero attached hydrogens (tertiary/aromatic N) is 1. The molecule has 1 aliphatic rings. The maximum absolute atomic E-state index is 12.8. The molecule has 1 unspecified atom stereocenters. The molecule has 1 aromatic rings. The minimum atomic E-state index is -3.93. The average molecular weight is 329 g/mol. The molecule has 0 bridgehead atoms. The van der Waals surface area contributed by atoms with E-state index in [1.807, 2.05) is 0 Å². The highest BCUT2D eigenvalue weighted by molar-refractivity contribution is 7.89. The van der Waals surface area contributed by atoms with Crippen LogP contribution in [-0.2, 0) is 14.8 Å². The molecule has 0 radical (unpaired) electrons. The van der Waals surface area contributed by atoms with E-state index in [4.69, 9.17) is 9.47 Å². The Hall–Kier alpha value is -1.80. The van der Waals surface area contributed by atoms with E-state index in [1.165, 1.54) is 26.4 Å². The number of rotatable bonds is 5. The van der Waals surface area contributed by atoms with Crippen LogP contribution in [0, 0.1) is 0 Å². The van der Waals surface area contributed by atoms with Crippen LogP contribution >= 0.6 is 0 Å². The summed E-state index contributed by atoms with van der Waals surface area (Å²) in [6.07, 6.45) is 1.66. The quantitative estimate of drug-likeness (QED) is 0.876. The van der Waals surface area contributed by atoms with Crippen LogP contribution in [0.3, 0.4) is 0 Å². The number of methoxy groups -OCH3 is 2. The highest BCUT2D eigenvalue weighted by atomic mass is 32.2. The second kappa shape index (κ2) is 6.53. The first kappa shape index (κ1) is 16.6. The van der Waals surface area contributed by atoms with Crippen molar-refractivity contribution in [2.24, 2.45) is 0 Å². The van der Waals surface area contributed by atoms with Gasteiger partial charge < -0.3 is 14.6 Å². The van der Waals surface area contributed by atoms with E-state index < -0.39 is 22.0 Å². The number of hydrogen-bond acceptors (Lipinski definition) is 5. The first-order valence-corrected chi connectivity index (χ1v) is 8.32. The van der Waals surface area contributed by atoms with Gasteiger partial charge in [-0.1, -0.05) is 0 Å². The Balaban J connectivity index is 2.46. The zero-order valence-electron chi connectivity index (χ0n) is 12.5. The highest BCUT2D eigenvalue weighted by Gasteiger charge is 2.38. The second-order valence-electron chi connectivity index (χ2n) is 5.01. The van der Waals surface area contributed by atoms with Crippen LogP contribution in [0.1, 0.15) is 19.3 Å². The van der Waals surface area contributed by atoms with Gasteiger partial charge in [-0.05, 0) is 19.3 Å². The lowest BCUT2D eigenvalue weighted by molar-refractivity contribution is -0.142. The topological polar surface area (TPSA) is 93.1 Å². The van der Waals surface area contributed by atoms with Crippen molar-refractivity contribution in [1.82, 2.24) is 4.31 Å². The van der Waals surface area contributed by atoms with E-state index in [0.29, 0.717) is 30.8 Å². The third-order valence-corrected chi connectivity index (χ3v) is 5.56. The normalized spacial score (nSPS) is 19.6. The lowest BCUT2D eigenvalue weighted by Gasteiger charge is -2.32. The summed E-state index contributed by atoms with van der Waals surface area (Å²) >= 11 is 0. The zero-order chi connectivity index (χ0) is 16.3. The zero-order valence-corrected chi connectivity index (χ0v) is 13.3. The van der Waals surface area contributed by atoms with E-state index >= 15 is 0 Å². The van der Waals surface area contributed by atoms with Crippen LogP contribution in [0.4, 0.5) is 0 Å². The summed E-state index contributed by atoms with van der Waals surface area (Å²) in [4.78, 5) is 11.3. The molecule has 0 saturated carbocycles. The molecule has 1 aliphatic heterocycles. The molecule has 0 spiro atoms. The molecule has 8 heteroatoms. The number of benzene rings is 1. The van der Waals surface area contributed by atoms with Gasteiger partial charge in [0, 0.05) is 24.7 Å². The number of hydrogen-bond donors (Lipinski definition) is 1. The van der Waals surface area contributed by atoms with Crippen molar-refractivity contribution < 1.29 is 27.8 Å². The summed E-state index contributed by atoms with van der Waals surface area (Å²) in [5.74, 6) is -0.457. The van der Waals surface area contributed by atoms with Gasteiger partial charge in [-0.25, -0.2) is 8.42 Å². The van der Waals surface area contributed by atoms with Crippen molar-refractivity contribution in [3.63, 3.8) is 0 Å². The van der Waals surface area contributed by atoms with Crippen LogP contribution in [0.15, 0.2) is 23.1 Å². The standard InChI is InChI=1S/C14H19NO6S/c1-20-10-7-11(21-2)9-12(8-10)22(18,19)15-6-4-3-5-13(15)14(16)17/h7-9,13H,3-6H2,1-2H3,(H,16,17). The third kappa shape index (κ3) is 3.17. The smallest absolute Gasteiger partial charge is 0.322 e. The minimum Gasteiger partial charge on any atom is -0.497 e. The summed E-state index contributed by atoms with van der Waals surface area (Å²) in [6.45, 7) is 0.193. The molecule has 1 atom stereocenters. The number of aliphatic carboxylic acids is 1. The van der Waals surface area contributed by atoms with E-state index in [-0.39, 0.29) is 11.4 Å². The SMILES string of the molecule is COc1cc(OC)cc(S(=O)(=O)N2CCCCC2C(=O)O)c1. The number of carboxylic acids is 1. The Bertz CT molecular complexity index is 635. The molecular formula is C14H19NO6S. The Morgan fingerprint density at radius 2 is 1.77 bits per heavy atom. The van der Waals surface area contributed by atoms with Crippen LogP contribution in [0.2, 0.25) is 0 Å². The Morgan fingerprint density at radius 3 is 2.27 bits per heavy atom. The molecule has 122 valence electrons. The predicted molar refractivity (Wildman–Crippen MR) is 78.7 cm³/mol. The van der Waals surface area contributed by atoms with Gasteiger partial charge in [-0.15, -0.1) is 0 Å². The Kier molecular flexibility index (Phi) is 4.92. The van der Waals surface area contributed by atoms with Gasteiger partial charge in [0.1, 0.15) is 17.5 Å². The lowest BCUT2D eigenvalue weighted by atomic mass is 10.1. The minimum absolute atomic E-state index is 0.0307. The third-order valence-electron chi connectivity index (χ3n) is 3.67. The predicted octanol–water partition coefficient (Wildman–Crippen LogP) is 1.33. The summed E-state index contributed by atoms with van der Waals surface area (Å²) in [7, 11) is -1.08. The summed E-state index contributed by atoms with van der Waals surface area (Å²) in [5.41, 5.74) is 0.